The maximum atomic E-state index is 13.2. The molecule has 2 aromatic heterocycles. The van der Waals surface area contributed by atoms with Crippen LogP contribution in [0.2, 0.25) is 0 Å². The van der Waals surface area contributed by atoms with Crippen molar-refractivity contribution < 1.29 is 4.79 Å². The minimum Gasteiger partial charge on any atom is -0.347 e. The van der Waals surface area contributed by atoms with Gasteiger partial charge in [-0.1, -0.05) is 29.8 Å². The Morgan fingerprint density at radius 3 is 2.38 bits per heavy atom. The molecular formula is C27H25N3O2. The van der Waals surface area contributed by atoms with Crippen LogP contribution < -0.4 is 10.7 Å². The van der Waals surface area contributed by atoms with E-state index in [0.717, 1.165) is 33.9 Å². The molecule has 0 bridgehead atoms. The van der Waals surface area contributed by atoms with E-state index in [9.17, 15) is 9.59 Å². The Morgan fingerprint density at radius 2 is 1.59 bits per heavy atom. The summed E-state index contributed by atoms with van der Waals surface area (Å²) in [4.78, 5) is 26.3. The fraction of sp³-hybridized carbons (Fsp3) is 0.185. The number of rotatable bonds is 4. The quantitative estimate of drug-likeness (QED) is 0.402. The summed E-state index contributed by atoms with van der Waals surface area (Å²) in [5.41, 5.74) is 4.72. The first-order valence-electron chi connectivity index (χ1n) is 11.0. The highest BCUT2D eigenvalue weighted by Crippen LogP contribution is 2.31. The summed E-state index contributed by atoms with van der Waals surface area (Å²) >= 11 is 0. The van der Waals surface area contributed by atoms with Gasteiger partial charge in [-0.3, -0.25) is 9.59 Å². The SMILES string of the molecule is CCn1cc(C(=O)Nc2ccc3c(c2)c2ccccc2n3CC)c(=O)c2cc(C)ccc21. The van der Waals surface area contributed by atoms with Crippen LogP contribution in [0.3, 0.4) is 0 Å². The average molecular weight is 424 g/mol. The van der Waals surface area contributed by atoms with Crippen molar-refractivity contribution in [2.75, 3.05) is 5.32 Å². The van der Waals surface area contributed by atoms with Crippen molar-refractivity contribution in [2.24, 2.45) is 0 Å². The molecule has 0 radical (unpaired) electrons. The van der Waals surface area contributed by atoms with Crippen LogP contribution >= 0.6 is 0 Å². The van der Waals surface area contributed by atoms with Gasteiger partial charge in [0.2, 0.25) is 5.43 Å². The second-order valence-electron chi connectivity index (χ2n) is 8.13. The molecule has 5 rings (SSSR count). The molecule has 5 nitrogen and oxygen atoms in total. The van der Waals surface area contributed by atoms with Gasteiger partial charge in [-0.05, 0) is 57.2 Å². The number of amides is 1. The Bertz CT molecular complexity index is 1570. The normalized spacial score (nSPS) is 11.5. The number of aryl methyl sites for hydroxylation is 3. The van der Waals surface area contributed by atoms with E-state index in [1.165, 1.54) is 5.52 Å². The lowest BCUT2D eigenvalue weighted by atomic mass is 10.1. The fourth-order valence-corrected chi connectivity index (χ4v) is 4.61. The van der Waals surface area contributed by atoms with E-state index in [0.29, 0.717) is 17.6 Å². The number of hydrogen-bond donors (Lipinski definition) is 1. The first-order chi connectivity index (χ1) is 15.5. The number of anilines is 1. The Hall–Kier alpha value is -3.86. The molecule has 0 aliphatic rings. The summed E-state index contributed by atoms with van der Waals surface area (Å²) in [5, 5.41) is 5.75. The molecule has 1 N–H and O–H groups in total. The van der Waals surface area contributed by atoms with Crippen molar-refractivity contribution in [3.05, 3.63) is 88.2 Å². The number of nitrogens with one attached hydrogen (secondary N) is 1. The number of nitrogens with zero attached hydrogens (tertiary/aromatic N) is 2. The molecule has 2 heterocycles. The van der Waals surface area contributed by atoms with E-state index in [1.807, 2.05) is 66.9 Å². The van der Waals surface area contributed by atoms with Crippen molar-refractivity contribution >= 4 is 44.3 Å². The molecule has 3 aromatic carbocycles. The first-order valence-corrected chi connectivity index (χ1v) is 11.0. The molecular weight excluding hydrogens is 398 g/mol. The highest BCUT2D eigenvalue weighted by Gasteiger charge is 2.17. The van der Waals surface area contributed by atoms with Gasteiger partial charge in [0.25, 0.3) is 5.91 Å². The molecule has 0 saturated carbocycles. The molecule has 0 saturated heterocycles. The van der Waals surface area contributed by atoms with E-state index in [1.54, 1.807) is 6.20 Å². The number of aromatic nitrogens is 2. The Morgan fingerprint density at radius 1 is 0.844 bits per heavy atom. The van der Waals surface area contributed by atoms with E-state index in [4.69, 9.17) is 0 Å². The van der Waals surface area contributed by atoms with Crippen LogP contribution in [0.25, 0.3) is 32.7 Å². The van der Waals surface area contributed by atoms with Gasteiger partial charge in [-0.25, -0.2) is 0 Å². The number of carbonyl (C=O) groups excluding carboxylic acids is 1. The molecule has 5 heteroatoms. The lowest BCUT2D eigenvalue weighted by Crippen LogP contribution is -2.24. The summed E-state index contributed by atoms with van der Waals surface area (Å²) in [6, 6.07) is 20.0. The summed E-state index contributed by atoms with van der Waals surface area (Å²) < 4.78 is 4.21. The van der Waals surface area contributed by atoms with Crippen molar-refractivity contribution in [3.63, 3.8) is 0 Å². The average Bonchev–Trinajstić information content (AvgIpc) is 3.12. The number of hydrogen-bond acceptors (Lipinski definition) is 2. The van der Waals surface area contributed by atoms with Crippen molar-refractivity contribution in [1.29, 1.82) is 0 Å². The van der Waals surface area contributed by atoms with Crippen molar-refractivity contribution in [1.82, 2.24) is 9.13 Å². The van der Waals surface area contributed by atoms with Crippen LogP contribution in [-0.2, 0) is 13.1 Å². The summed E-state index contributed by atoms with van der Waals surface area (Å²) in [7, 11) is 0. The molecule has 5 aromatic rings. The summed E-state index contributed by atoms with van der Waals surface area (Å²) in [5.74, 6) is -0.390. The second-order valence-corrected chi connectivity index (χ2v) is 8.13. The third kappa shape index (κ3) is 3.09. The van der Waals surface area contributed by atoms with E-state index < -0.39 is 0 Å². The predicted octanol–water partition coefficient (Wildman–Crippen LogP) is 5.71. The van der Waals surface area contributed by atoms with Crippen LogP contribution in [0.5, 0.6) is 0 Å². The number of pyridine rings is 1. The van der Waals surface area contributed by atoms with E-state index in [-0.39, 0.29) is 16.9 Å². The summed E-state index contributed by atoms with van der Waals surface area (Å²) in [6.07, 6.45) is 1.66. The van der Waals surface area contributed by atoms with Crippen LogP contribution in [0.15, 0.2) is 71.7 Å². The Kier molecular flexibility index (Phi) is 4.82. The topological polar surface area (TPSA) is 56.0 Å². The Balaban J connectivity index is 1.59. The lowest BCUT2D eigenvalue weighted by Gasteiger charge is -2.12. The van der Waals surface area contributed by atoms with Gasteiger partial charge < -0.3 is 14.5 Å². The molecule has 0 unspecified atom stereocenters. The minimum absolute atomic E-state index is 0.154. The molecule has 0 spiro atoms. The maximum Gasteiger partial charge on any atom is 0.261 e. The third-order valence-corrected chi connectivity index (χ3v) is 6.17. The number of para-hydroxylation sites is 1. The fourth-order valence-electron chi connectivity index (χ4n) is 4.61. The standard InChI is InChI=1S/C27H25N3O2/c1-4-29-16-22(26(31)21-14-17(3)10-12-23(21)29)27(32)28-18-11-13-25-20(15-18)19-8-6-7-9-24(19)30(25)5-2/h6-16H,4-5H2,1-3H3,(H,28,32). The third-order valence-electron chi connectivity index (χ3n) is 6.17. The van der Waals surface area contributed by atoms with Crippen molar-refractivity contribution in [2.45, 2.75) is 33.9 Å². The van der Waals surface area contributed by atoms with Gasteiger partial charge in [0.1, 0.15) is 5.56 Å². The number of carbonyl (C=O) groups is 1. The second kappa shape index (κ2) is 7.68. The highest BCUT2D eigenvalue weighted by molar-refractivity contribution is 6.11. The minimum atomic E-state index is -0.390. The van der Waals surface area contributed by atoms with Gasteiger partial charge in [0, 0.05) is 52.2 Å². The molecule has 0 atom stereocenters. The van der Waals surface area contributed by atoms with Gasteiger partial charge in [0.05, 0.1) is 5.52 Å². The smallest absolute Gasteiger partial charge is 0.261 e. The predicted molar refractivity (Wildman–Crippen MR) is 132 cm³/mol. The first kappa shape index (κ1) is 20.1. The van der Waals surface area contributed by atoms with Crippen LogP contribution in [-0.4, -0.2) is 15.0 Å². The monoisotopic (exact) mass is 423 g/mol. The highest BCUT2D eigenvalue weighted by atomic mass is 16.2. The number of fused-ring (bicyclic) bond motifs is 4. The van der Waals surface area contributed by atoms with Gasteiger partial charge >= 0.3 is 0 Å². The van der Waals surface area contributed by atoms with Crippen LogP contribution in [0.1, 0.15) is 29.8 Å². The number of benzene rings is 3. The van der Waals surface area contributed by atoms with Crippen molar-refractivity contribution in [3.8, 4) is 0 Å². The lowest BCUT2D eigenvalue weighted by molar-refractivity contribution is 0.102. The largest absolute Gasteiger partial charge is 0.347 e. The molecule has 0 aliphatic carbocycles. The van der Waals surface area contributed by atoms with Gasteiger partial charge in [-0.15, -0.1) is 0 Å². The molecule has 160 valence electrons. The zero-order chi connectivity index (χ0) is 22.4. The van der Waals surface area contributed by atoms with E-state index >= 15 is 0 Å². The zero-order valence-corrected chi connectivity index (χ0v) is 18.5. The maximum absolute atomic E-state index is 13.2. The van der Waals surface area contributed by atoms with Gasteiger partial charge in [0.15, 0.2) is 0 Å². The molecule has 0 fully saturated rings. The van der Waals surface area contributed by atoms with Crippen LogP contribution in [0, 0.1) is 6.92 Å². The summed E-state index contributed by atoms with van der Waals surface area (Å²) in [6.45, 7) is 7.61. The van der Waals surface area contributed by atoms with Crippen LogP contribution in [0.4, 0.5) is 5.69 Å². The molecule has 1 amide bonds. The molecule has 0 aliphatic heterocycles. The Labute approximate surface area is 185 Å². The van der Waals surface area contributed by atoms with Gasteiger partial charge in [-0.2, -0.15) is 0 Å². The zero-order valence-electron chi connectivity index (χ0n) is 18.5. The van der Waals surface area contributed by atoms with E-state index in [2.05, 4.69) is 28.9 Å². The molecule has 32 heavy (non-hydrogen) atoms.